The molecule has 1 aliphatic rings. The highest BCUT2D eigenvalue weighted by atomic mass is 32.1. The van der Waals surface area contributed by atoms with Crippen molar-refractivity contribution in [2.45, 2.75) is 32.2 Å². The third-order valence-electron chi connectivity index (χ3n) is 5.01. The van der Waals surface area contributed by atoms with Crippen LogP contribution >= 0.6 is 11.3 Å². The van der Waals surface area contributed by atoms with E-state index in [1.165, 1.54) is 30.4 Å². The summed E-state index contributed by atoms with van der Waals surface area (Å²) in [5.74, 6) is -2.01. The first kappa shape index (κ1) is 21.6. The normalized spacial score (nSPS) is 14.9. The Morgan fingerprint density at radius 2 is 1.75 bits per heavy atom. The molecule has 0 spiro atoms. The molecule has 1 aliphatic carbocycles. The molecule has 1 atom stereocenters. The molecule has 7 nitrogen and oxygen atoms in total. The third-order valence-corrected chi connectivity index (χ3v) is 6.18. The van der Waals surface area contributed by atoms with E-state index in [0.717, 1.165) is 21.1 Å². The van der Waals surface area contributed by atoms with Gasteiger partial charge < -0.3 is 16.0 Å². The zero-order valence-corrected chi connectivity index (χ0v) is 18.1. The minimum Gasteiger partial charge on any atom is -0.345 e. The van der Waals surface area contributed by atoms with Gasteiger partial charge in [0.05, 0.1) is 5.69 Å². The zero-order valence-electron chi connectivity index (χ0n) is 17.3. The maximum Gasteiger partial charge on any atom is 0.313 e. The molecular formula is C23H21FN4O3S. The van der Waals surface area contributed by atoms with Crippen LogP contribution < -0.4 is 16.0 Å². The minimum atomic E-state index is -0.771. The number of nitrogens with one attached hydrogen (secondary N) is 3. The summed E-state index contributed by atoms with van der Waals surface area (Å²) >= 11 is 1.52. The van der Waals surface area contributed by atoms with Gasteiger partial charge >= 0.3 is 11.8 Å². The number of fused-ring (bicyclic) bond motifs is 1. The molecule has 0 unspecified atom stereocenters. The first-order chi connectivity index (χ1) is 15.4. The van der Waals surface area contributed by atoms with Crippen LogP contribution in [0.4, 0.5) is 15.8 Å². The zero-order chi connectivity index (χ0) is 22.7. The number of rotatable bonds is 4. The molecule has 1 heterocycles. The molecule has 0 saturated carbocycles. The lowest BCUT2D eigenvalue weighted by Gasteiger charge is -2.22. The molecular weight excluding hydrogens is 431 g/mol. The second-order valence-corrected chi connectivity index (χ2v) is 8.61. The quantitative estimate of drug-likeness (QED) is 0.528. The summed E-state index contributed by atoms with van der Waals surface area (Å²) in [7, 11) is 0. The summed E-state index contributed by atoms with van der Waals surface area (Å²) < 4.78 is 13.2. The van der Waals surface area contributed by atoms with Crippen molar-refractivity contribution < 1.29 is 18.8 Å². The van der Waals surface area contributed by atoms with Gasteiger partial charge in [-0.25, -0.2) is 9.37 Å². The van der Waals surface area contributed by atoms with Crippen molar-refractivity contribution in [1.29, 1.82) is 0 Å². The molecule has 164 valence electrons. The Morgan fingerprint density at radius 3 is 2.47 bits per heavy atom. The van der Waals surface area contributed by atoms with E-state index in [0.29, 0.717) is 30.6 Å². The predicted molar refractivity (Wildman–Crippen MR) is 121 cm³/mol. The van der Waals surface area contributed by atoms with E-state index in [-0.39, 0.29) is 17.8 Å². The number of hydrogen-bond donors (Lipinski definition) is 3. The number of halogens is 1. The fourth-order valence-electron chi connectivity index (χ4n) is 3.53. The van der Waals surface area contributed by atoms with Crippen LogP contribution in [0.25, 0.3) is 10.6 Å². The SMILES string of the molecule is CC(=O)Nc1cccc(NC(=O)C(=O)N[C@@H]2CCc3nc(-c4ccc(F)cc4)sc3C2)c1. The van der Waals surface area contributed by atoms with E-state index in [1.54, 1.807) is 36.4 Å². The fourth-order valence-corrected chi connectivity index (χ4v) is 4.72. The average Bonchev–Trinajstić information content (AvgIpc) is 3.17. The number of anilines is 2. The Kier molecular flexibility index (Phi) is 6.27. The smallest absolute Gasteiger partial charge is 0.313 e. The lowest BCUT2D eigenvalue weighted by atomic mass is 9.97. The van der Waals surface area contributed by atoms with Crippen molar-refractivity contribution >= 4 is 40.4 Å². The van der Waals surface area contributed by atoms with Crippen LogP contribution in [0.3, 0.4) is 0 Å². The number of aryl methyl sites for hydroxylation is 1. The summed E-state index contributed by atoms with van der Waals surface area (Å²) in [5.41, 5.74) is 2.78. The van der Waals surface area contributed by atoms with E-state index in [9.17, 15) is 18.8 Å². The lowest BCUT2D eigenvalue weighted by molar-refractivity contribution is -0.136. The van der Waals surface area contributed by atoms with E-state index in [4.69, 9.17) is 0 Å². The second kappa shape index (κ2) is 9.27. The topological polar surface area (TPSA) is 100 Å². The molecule has 0 fully saturated rings. The minimum absolute atomic E-state index is 0.173. The number of carbonyl (C=O) groups is 3. The Bertz CT molecular complexity index is 1180. The van der Waals surface area contributed by atoms with E-state index in [1.807, 2.05) is 0 Å². The molecule has 1 aromatic heterocycles. The van der Waals surface area contributed by atoms with Gasteiger partial charge in [0.15, 0.2) is 0 Å². The largest absolute Gasteiger partial charge is 0.345 e. The summed E-state index contributed by atoms with van der Waals surface area (Å²) in [6.07, 6.45) is 1.96. The Hall–Kier alpha value is -3.59. The number of nitrogens with zero attached hydrogens (tertiary/aromatic N) is 1. The van der Waals surface area contributed by atoms with Crippen LogP contribution in [-0.4, -0.2) is 28.7 Å². The van der Waals surface area contributed by atoms with Crippen LogP contribution in [-0.2, 0) is 27.2 Å². The van der Waals surface area contributed by atoms with Crippen molar-refractivity contribution in [2.75, 3.05) is 10.6 Å². The van der Waals surface area contributed by atoms with Crippen molar-refractivity contribution in [3.05, 3.63) is 64.9 Å². The van der Waals surface area contributed by atoms with Gasteiger partial charge in [-0.3, -0.25) is 14.4 Å². The molecule has 3 aromatic rings. The van der Waals surface area contributed by atoms with Crippen LogP contribution in [0.1, 0.15) is 23.9 Å². The Balaban J connectivity index is 1.36. The molecule has 3 N–H and O–H groups in total. The number of carbonyl (C=O) groups excluding carboxylic acids is 3. The highest BCUT2D eigenvalue weighted by Gasteiger charge is 2.26. The third kappa shape index (κ3) is 5.17. The van der Waals surface area contributed by atoms with Gasteiger partial charge in [-0.1, -0.05) is 6.07 Å². The van der Waals surface area contributed by atoms with Crippen LogP contribution in [0, 0.1) is 5.82 Å². The summed E-state index contributed by atoms with van der Waals surface area (Å²) in [6, 6.07) is 12.6. The first-order valence-electron chi connectivity index (χ1n) is 10.1. The number of thiazole rings is 1. The maximum absolute atomic E-state index is 13.2. The molecule has 0 saturated heterocycles. The highest BCUT2D eigenvalue weighted by Crippen LogP contribution is 2.32. The maximum atomic E-state index is 13.2. The van der Waals surface area contributed by atoms with E-state index >= 15 is 0 Å². The first-order valence-corrected chi connectivity index (χ1v) is 10.9. The summed E-state index contributed by atoms with van der Waals surface area (Å²) in [4.78, 5) is 41.6. The monoisotopic (exact) mass is 452 g/mol. The van der Waals surface area contributed by atoms with Crippen LogP contribution in [0.15, 0.2) is 48.5 Å². The molecule has 4 rings (SSSR count). The molecule has 0 aliphatic heterocycles. The van der Waals surface area contributed by atoms with Crippen molar-refractivity contribution in [2.24, 2.45) is 0 Å². The standard InChI is InChI=1S/C23H21FN4O3S/c1-13(29)25-16-3-2-4-17(11-16)26-21(30)22(31)27-18-9-10-19-20(12-18)32-23(28-19)14-5-7-15(24)8-6-14/h2-8,11,18H,9-10,12H2,1H3,(H,25,29)(H,26,30)(H,27,31)/t18-/m1/s1. The lowest BCUT2D eigenvalue weighted by Crippen LogP contribution is -2.44. The van der Waals surface area contributed by atoms with Gasteiger partial charge in [-0.15, -0.1) is 11.3 Å². The molecule has 32 heavy (non-hydrogen) atoms. The highest BCUT2D eigenvalue weighted by molar-refractivity contribution is 7.15. The van der Waals surface area contributed by atoms with E-state index < -0.39 is 11.8 Å². The van der Waals surface area contributed by atoms with Gasteiger partial charge in [-0.2, -0.15) is 0 Å². The van der Waals surface area contributed by atoms with Gasteiger partial charge in [0, 0.05) is 41.2 Å². The molecule has 9 heteroatoms. The molecule has 3 amide bonds. The molecule has 0 bridgehead atoms. The van der Waals surface area contributed by atoms with Crippen LogP contribution in [0.2, 0.25) is 0 Å². The average molecular weight is 453 g/mol. The summed E-state index contributed by atoms with van der Waals surface area (Å²) in [6.45, 7) is 1.39. The van der Waals surface area contributed by atoms with Gasteiger partial charge in [0.25, 0.3) is 0 Å². The Labute approximate surface area is 188 Å². The molecule has 2 aromatic carbocycles. The van der Waals surface area contributed by atoms with Gasteiger partial charge in [0.1, 0.15) is 10.8 Å². The van der Waals surface area contributed by atoms with E-state index in [2.05, 4.69) is 20.9 Å². The number of aromatic nitrogens is 1. The second-order valence-electron chi connectivity index (χ2n) is 7.53. The number of hydrogen-bond acceptors (Lipinski definition) is 5. The summed E-state index contributed by atoms with van der Waals surface area (Å²) in [5, 5.41) is 8.79. The number of amides is 3. The Morgan fingerprint density at radius 1 is 1.03 bits per heavy atom. The predicted octanol–water partition coefficient (Wildman–Crippen LogP) is 3.52. The number of benzene rings is 2. The fraction of sp³-hybridized carbons (Fsp3) is 0.217. The van der Waals surface area contributed by atoms with Gasteiger partial charge in [0.2, 0.25) is 5.91 Å². The van der Waals surface area contributed by atoms with Crippen molar-refractivity contribution in [3.8, 4) is 10.6 Å². The van der Waals surface area contributed by atoms with Crippen molar-refractivity contribution in [3.63, 3.8) is 0 Å². The molecule has 0 radical (unpaired) electrons. The van der Waals surface area contributed by atoms with Crippen molar-refractivity contribution in [1.82, 2.24) is 10.3 Å². The van der Waals surface area contributed by atoms with Crippen LogP contribution in [0.5, 0.6) is 0 Å². The van der Waals surface area contributed by atoms with Gasteiger partial charge in [-0.05, 0) is 55.3 Å².